The quantitative estimate of drug-likeness (QED) is 0.667. The first-order chi connectivity index (χ1) is 8.61. The van der Waals surface area contributed by atoms with Gasteiger partial charge < -0.3 is 14.9 Å². The molecule has 0 atom stereocenters. The molecule has 0 aliphatic heterocycles. The fourth-order valence-corrected chi connectivity index (χ4v) is 1.53. The van der Waals surface area contributed by atoms with Crippen LogP contribution in [0.3, 0.4) is 0 Å². The molecule has 0 saturated heterocycles. The molecule has 0 saturated carbocycles. The van der Waals surface area contributed by atoms with Gasteiger partial charge in [0.15, 0.2) is 5.76 Å². The number of ether oxygens (including phenoxy) is 1. The molecule has 0 amide bonds. The van der Waals surface area contributed by atoms with E-state index in [2.05, 4.69) is 0 Å². The summed E-state index contributed by atoms with van der Waals surface area (Å²) in [6.45, 7) is 0.281. The molecular formula is C13H12FNO3. The Kier molecular flexibility index (Phi) is 3.43. The van der Waals surface area contributed by atoms with Gasteiger partial charge in [-0.25, -0.2) is 4.39 Å². The Morgan fingerprint density at radius 3 is 2.83 bits per heavy atom. The number of anilines is 1. The number of hydrogen-bond donors (Lipinski definition) is 1. The average molecular weight is 249 g/mol. The maximum Gasteiger partial charge on any atom is 0.228 e. The van der Waals surface area contributed by atoms with E-state index in [4.69, 9.17) is 14.9 Å². The largest absolute Gasteiger partial charge is 0.455 e. The van der Waals surface area contributed by atoms with Crippen LogP contribution in [0.15, 0.2) is 34.7 Å². The lowest BCUT2D eigenvalue weighted by atomic mass is 10.1. The molecule has 2 N–H and O–H groups in total. The van der Waals surface area contributed by atoms with Gasteiger partial charge in [-0.1, -0.05) is 0 Å². The fourth-order valence-electron chi connectivity index (χ4n) is 1.53. The van der Waals surface area contributed by atoms with Crippen molar-refractivity contribution in [2.75, 3.05) is 12.8 Å². The van der Waals surface area contributed by atoms with Crippen molar-refractivity contribution in [1.82, 2.24) is 0 Å². The zero-order valence-corrected chi connectivity index (χ0v) is 9.77. The summed E-state index contributed by atoms with van der Waals surface area (Å²) in [7, 11) is 1.53. The molecule has 0 aliphatic rings. The third kappa shape index (κ3) is 2.41. The van der Waals surface area contributed by atoms with Crippen LogP contribution < -0.4 is 5.73 Å². The van der Waals surface area contributed by atoms with Gasteiger partial charge >= 0.3 is 0 Å². The number of rotatable bonds is 4. The van der Waals surface area contributed by atoms with Crippen LogP contribution >= 0.6 is 0 Å². The molecule has 1 aromatic heterocycles. The first-order valence-electron chi connectivity index (χ1n) is 5.29. The molecule has 5 heteroatoms. The van der Waals surface area contributed by atoms with Crippen molar-refractivity contribution in [3.63, 3.8) is 0 Å². The van der Waals surface area contributed by atoms with Gasteiger partial charge in [-0.3, -0.25) is 4.79 Å². The van der Waals surface area contributed by atoms with Crippen molar-refractivity contribution in [2.24, 2.45) is 0 Å². The Hall–Kier alpha value is -2.14. The summed E-state index contributed by atoms with van der Waals surface area (Å²) in [4.78, 5) is 12.0. The molecule has 0 unspecified atom stereocenters. The van der Waals surface area contributed by atoms with E-state index in [1.165, 1.54) is 25.3 Å². The average Bonchev–Trinajstić information content (AvgIpc) is 2.81. The normalized spacial score (nSPS) is 10.6. The number of hydrogen-bond acceptors (Lipinski definition) is 4. The summed E-state index contributed by atoms with van der Waals surface area (Å²) in [5, 5.41) is 0. The van der Waals surface area contributed by atoms with Crippen LogP contribution in [0.4, 0.5) is 10.1 Å². The van der Waals surface area contributed by atoms with E-state index >= 15 is 0 Å². The second-order valence-corrected chi connectivity index (χ2v) is 3.76. The zero-order valence-electron chi connectivity index (χ0n) is 9.77. The molecule has 0 radical (unpaired) electrons. The van der Waals surface area contributed by atoms with E-state index in [1.807, 2.05) is 0 Å². The van der Waals surface area contributed by atoms with Gasteiger partial charge in [0.1, 0.15) is 18.2 Å². The molecule has 0 aliphatic carbocycles. The van der Waals surface area contributed by atoms with Crippen LogP contribution in [-0.4, -0.2) is 12.9 Å². The van der Waals surface area contributed by atoms with Crippen molar-refractivity contribution in [2.45, 2.75) is 6.61 Å². The van der Waals surface area contributed by atoms with Crippen LogP contribution in [0.1, 0.15) is 21.9 Å². The number of carbonyl (C=O) groups excluding carboxylic acids is 1. The smallest absolute Gasteiger partial charge is 0.228 e. The maximum absolute atomic E-state index is 13.3. The maximum atomic E-state index is 13.3. The standard InChI is InChI=1S/C13H12FNO3/c1-17-7-9-3-5-12(18-9)13(16)8-2-4-11(15)10(14)6-8/h2-6H,7,15H2,1H3. The number of furan rings is 1. The highest BCUT2D eigenvalue weighted by molar-refractivity contribution is 6.07. The van der Waals surface area contributed by atoms with Crippen molar-refractivity contribution < 1.29 is 18.3 Å². The SMILES string of the molecule is COCc1ccc(C(=O)c2ccc(N)c(F)c2)o1. The van der Waals surface area contributed by atoms with Gasteiger partial charge in [0, 0.05) is 12.7 Å². The summed E-state index contributed by atoms with van der Waals surface area (Å²) in [6.07, 6.45) is 0. The Labute approximate surface area is 103 Å². The van der Waals surface area contributed by atoms with Gasteiger partial charge in [0.25, 0.3) is 0 Å². The van der Waals surface area contributed by atoms with E-state index in [1.54, 1.807) is 6.07 Å². The topological polar surface area (TPSA) is 65.5 Å². The van der Waals surface area contributed by atoms with Gasteiger partial charge in [0.05, 0.1) is 5.69 Å². The molecule has 2 rings (SSSR count). The lowest BCUT2D eigenvalue weighted by molar-refractivity contribution is 0.0999. The second kappa shape index (κ2) is 5.01. The molecule has 18 heavy (non-hydrogen) atoms. The number of methoxy groups -OCH3 is 1. The number of nitrogens with two attached hydrogens (primary N) is 1. The zero-order chi connectivity index (χ0) is 13.1. The summed E-state index contributed by atoms with van der Waals surface area (Å²) >= 11 is 0. The highest BCUT2D eigenvalue weighted by Gasteiger charge is 2.15. The molecule has 0 spiro atoms. The minimum absolute atomic E-state index is 0.00562. The van der Waals surface area contributed by atoms with Crippen molar-refractivity contribution in [1.29, 1.82) is 0 Å². The highest BCUT2D eigenvalue weighted by atomic mass is 19.1. The molecule has 1 heterocycles. The Bertz CT molecular complexity index is 577. The predicted molar refractivity (Wildman–Crippen MR) is 63.7 cm³/mol. The Balaban J connectivity index is 2.26. The summed E-state index contributed by atoms with van der Waals surface area (Å²) in [5.41, 5.74) is 5.55. The lowest BCUT2D eigenvalue weighted by Gasteiger charge is -2.00. The molecular weight excluding hydrogens is 237 g/mol. The Morgan fingerprint density at radius 1 is 1.39 bits per heavy atom. The first-order valence-corrected chi connectivity index (χ1v) is 5.29. The van der Waals surface area contributed by atoms with Crippen LogP contribution in [0.25, 0.3) is 0 Å². The molecule has 0 bridgehead atoms. The van der Waals surface area contributed by atoms with Crippen molar-refractivity contribution in [3.8, 4) is 0 Å². The minimum Gasteiger partial charge on any atom is -0.455 e. The second-order valence-electron chi connectivity index (χ2n) is 3.76. The molecule has 94 valence electrons. The van der Waals surface area contributed by atoms with E-state index in [0.29, 0.717) is 5.76 Å². The van der Waals surface area contributed by atoms with Crippen molar-refractivity contribution >= 4 is 11.5 Å². The molecule has 1 aromatic carbocycles. The number of carbonyl (C=O) groups is 1. The first kappa shape index (κ1) is 12.3. The highest BCUT2D eigenvalue weighted by Crippen LogP contribution is 2.17. The van der Waals surface area contributed by atoms with Gasteiger partial charge in [-0.05, 0) is 30.3 Å². The lowest BCUT2D eigenvalue weighted by Crippen LogP contribution is -2.01. The summed E-state index contributed by atoms with van der Waals surface area (Å²) in [5.74, 6) is -0.330. The van der Waals surface area contributed by atoms with Gasteiger partial charge in [-0.15, -0.1) is 0 Å². The van der Waals surface area contributed by atoms with Crippen molar-refractivity contribution in [3.05, 3.63) is 53.2 Å². The number of ketones is 1. The van der Waals surface area contributed by atoms with Crippen LogP contribution in [0.5, 0.6) is 0 Å². The number of benzene rings is 1. The fraction of sp³-hybridized carbons (Fsp3) is 0.154. The summed E-state index contributed by atoms with van der Waals surface area (Å²) < 4.78 is 23.4. The predicted octanol–water partition coefficient (Wildman–Crippen LogP) is 2.38. The van der Waals surface area contributed by atoms with E-state index in [0.717, 1.165) is 6.07 Å². The van der Waals surface area contributed by atoms with Crippen LogP contribution in [-0.2, 0) is 11.3 Å². The molecule has 4 nitrogen and oxygen atoms in total. The van der Waals surface area contributed by atoms with Gasteiger partial charge in [0.2, 0.25) is 5.78 Å². The monoisotopic (exact) mass is 249 g/mol. The van der Waals surface area contributed by atoms with Gasteiger partial charge in [-0.2, -0.15) is 0 Å². The summed E-state index contributed by atoms with van der Waals surface area (Å²) in [6, 6.07) is 7.08. The van der Waals surface area contributed by atoms with Crippen LogP contribution in [0.2, 0.25) is 0 Å². The minimum atomic E-state index is -0.621. The van der Waals surface area contributed by atoms with E-state index in [-0.39, 0.29) is 23.6 Å². The number of nitrogen functional groups attached to an aromatic ring is 1. The Morgan fingerprint density at radius 2 is 2.17 bits per heavy atom. The molecule has 2 aromatic rings. The third-order valence-corrected chi connectivity index (χ3v) is 2.43. The third-order valence-electron chi connectivity index (χ3n) is 2.43. The van der Waals surface area contributed by atoms with Crippen LogP contribution in [0, 0.1) is 5.82 Å². The number of halogens is 1. The van der Waals surface area contributed by atoms with E-state index < -0.39 is 11.6 Å². The molecule has 0 fully saturated rings. The van der Waals surface area contributed by atoms with E-state index in [9.17, 15) is 9.18 Å².